The normalized spacial score (nSPS) is 10.7. The van der Waals surface area contributed by atoms with Crippen LogP contribution in [-0.4, -0.2) is 17.7 Å². The number of carbonyl (C=O) groups is 1. The number of ether oxygens (including phenoxy) is 1. The van der Waals surface area contributed by atoms with Gasteiger partial charge in [-0.3, -0.25) is 0 Å². The Bertz CT molecular complexity index is 691. The Kier molecular flexibility index (Phi) is 8.03. The minimum atomic E-state index is -0.900. The lowest BCUT2D eigenvalue weighted by molar-refractivity contribution is 0.0697. The van der Waals surface area contributed by atoms with E-state index in [2.05, 4.69) is 6.58 Å². The molecule has 0 heterocycles. The van der Waals surface area contributed by atoms with E-state index in [4.69, 9.17) is 9.84 Å². The van der Waals surface area contributed by atoms with Gasteiger partial charge >= 0.3 is 5.97 Å². The van der Waals surface area contributed by atoms with Crippen molar-refractivity contribution in [2.45, 2.75) is 51.4 Å². The molecule has 0 radical (unpaired) electrons. The summed E-state index contributed by atoms with van der Waals surface area (Å²) in [6.45, 7) is 4.47. The van der Waals surface area contributed by atoms with Gasteiger partial charge in [-0.15, -0.1) is 6.58 Å². The monoisotopic (exact) mass is 340 g/mol. The second-order valence-corrected chi connectivity index (χ2v) is 6.43. The van der Waals surface area contributed by atoms with Crippen LogP contribution in [0.1, 0.15) is 61.7 Å². The number of hydrogen-bond acceptors (Lipinski definition) is 2. The third-order valence-electron chi connectivity index (χ3n) is 4.38. The van der Waals surface area contributed by atoms with Gasteiger partial charge in [0.1, 0.15) is 5.75 Å². The first kappa shape index (κ1) is 19.0. The van der Waals surface area contributed by atoms with Crippen LogP contribution in [0.2, 0.25) is 0 Å². The van der Waals surface area contributed by atoms with Gasteiger partial charge in [-0.1, -0.05) is 50.3 Å². The maximum absolute atomic E-state index is 11.0. The van der Waals surface area contributed by atoms with Crippen molar-refractivity contribution in [1.29, 1.82) is 0 Å². The summed E-state index contributed by atoms with van der Waals surface area (Å²) < 4.78 is 5.82. The minimum Gasteiger partial charge on any atom is -0.494 e. The average molecular weight is 340 g/mol. The van der Waals surface area contributed by atoms with Crippen molar-refractivity contribution in [3.8, 4) is 5.75 Å². The maximum atomic E-state index is 11.0. The van der Waals surface area contributed by atoms with Crippen molar-refractivity contribution in [2.75, 3.05) is 6.61 Å². The fourth-order valence-corrected chi connectivity index (χ4v) is 2.91. The van der Waals surface area contributed by atoms with Crippen molar-refractivity contribution in [2.24, 2.45) is 0 Å². The molecule has 0 aliphatic heterocycles. The Balaban J connectivity index is 1.66. The van der Waals surface area contributed by atoms with Gasteiger partial charge in [0, 0.05) is 0 Å². The third kappa shape index (κ3) is 6.61. The third-order valence-corrected chi connectivity index (χ3v) is 4.38. The largest absolute Gasteiger partial charge is 0.494 e. The van der Waals surface area contributed by atoms with E-state index in [1.807, 2.05) is 30.3 Å². The molecule has 0 aliphatic rings. The average Bonchev–Trinajstić information content (AvgIpc) is 2.62. The summed E-state index contributed by atoms with van der Waals surface area (Å²) in [5, 5.41) is 11.0. The molecule has 3 heteroatoms. The molecule has 134 valence electrons. The Morgan fingerprint density at radius 2 is 1.56 bits per heavy atom. The Hall–Kier alpha value is -2.29. The van der Waals surface area contributed by atoms with Gasteiger partial charge in [0.25, 0.3) is 0 Å². The van der Waals surface area contributed by atoms with Crippen LogP contribution in [0, 0.1) is 0 Å². The van der Waals surface area contributed by atoms with Crippen LogP contribution in [0.3, 0.4) is 0 Å². The molecular weight excluding hydrogens is 312 g/mol. The summed E-state index contributed by atoms with van der Waals surface area (Å²) in [7, 11) is 0. The molecule has 0 fully saturated rings. The lowest BCUT2D eigenvalue weighted by Crippen LogP contribution is -1.98. The van der Waals surface area contributed by atoms with Gasteiger partial charge in [0.05, 0.1) is 12.2 Å². The number of benzene rings is 2. The Morgan fingerprint density at radius 1 is 0.920 bits per heavy atom. The highest BCUT2D eigenvalue weighted by Gasteiger charge is 2.04. The molecule has 0 amide bonds. The van der Waals surface area contributed by atoms with Gasteiger partial charge in [-0.2, -0.15) is 0 Å². The van der Waals surface area contributed by atoms with Crippen LogP contribution in [0.15, 0.2) is 49.1 Å². The molecule has 2 rings (SSSR count). The molecule has 2 aromatic carbocycles. The molecule has 2 aromatic rings. The predicted octanol–water partition coefficient (Wildman–Crippen LogP) is 6.22. The van der Waals surface area contributed by atoms with Crippen LogP contribution in [0.25, 0.3) is 10.8 Å². The lowest BCUT2D eigenvalue weighted by atomic mass is 10.1. The molecule has 0 saturated heterocycles. The highest BCUT2D eigenvalue weighted by Crippen LogP contribution is 2.22. The summed E-state index contributed by atoms with van der Waals surface area (Å²) in [6.07, 6.45) is 11.9. The Labute approximate surface area is 150 Å². The SMILES string of the molecule is C=CCCCCCCCCCOc1ccc2cc(C(=O)O)ccc2c1. The molecular formula is C22H28O3. The fourth-order valence-electron chi connectivity index (χ4n) is 2.91. The van der Waals surface area contributed by atoms with Crippen molar-refractivity contribution < 1.29 is 14.6 Å². The molecule has 3 nitrogen and oxygen atoms in total. The molecule has 0 aromatic heterocycles. The molecule has 0 bridgehead atoms. The molecule has 0 spiro atoms. The van der Waals surface area contributed by atoms with E-state index in [0.717, 1.165) is 36.0 Å². The molecule has 0 saturated carbocycles. The summed E-state index contributed by atoms with van der Waals surface area (Å²) in [5.41, 5.74) is 0.311. The zero-order valence-corrected chi connectivity index (χ0v) is 14.9. The highest BCUT2D eigenvalue weighted by molar-refractivity contribution is 5.94. The predicted molar refractivity (Wildman–Crippen MR) is 104 cm³/mol. The van der Waals surface area contributed by atoms with E-state index in [9.17, 15) is 4.79 Å². The van der Waals surface area contributed by atoms with Crippen LogP contribution >= 0.6 is 0 Å². The summed E-state index contributed by atoms with van der Waals surface area (Å²) >= 11 is 0. The number of fused-ring (bicyclic) bond motifs is 1. The second kappa shape index (κ2) is 10.5. The molecule has 0 atom stereocenters. The smallest absolute Gasteiger partial charge is 0.335 e. The number of unbranched alkanes of at least 4 members (excludes halogenated alkanes) is 7. The van der Waals surface area contributed by atoms with Crippen LogP contribution < -0.4 is 4.74 Å². The fraction of sp³-hybridized carbons (Fsp3) is 0.409. The standard InChI is InChI=1S/C22H28O3/c1-2-3-4-5-6-7-8-9-10-15-25-21-14-13-18-16-20(22(23)24)12-11-19(18)17-21/h2,11-14,16-17H,1,3-10,15H2,(H,23,24). The van der Waals surface area contributed by atoms with Crippen LogP contribution in [0.5, 0.6) is 5.75 Å². The first-order chi connectivity index (χ1) is 12.2. The van der Waals surface area contributed by atoms with E-state index in [0.29, 0.717) is 5.56 Å². The van der Waals surface area contributed by atoms with E-state index >= 15 is 0 Å². The number of aromatic carboxylic acids is 1. The van der Waals surface area contributed by atoms with Crippen molar-refractivity contribution in [3.05, 3.63) is 54.6 Å². The van der Waals surface area contributed by atoms with Crippen molar-refractivity contribution in [1.82, 2.24) is 0 Å². The van der Waals surface area contributed by atoms with E-state index < -0.39 is 5.97 Å². The zero-order valence-electron chi connectivity index (χ0n) is 14.9. The van der Waals surface area contributed by atoms with E-state index in [1.165, 1.54) is 38.5 Å². The number of allylic oxidation sites excluding steroid dienone is 1. The summed E-state index contributed by atoms with van der Waals surface area (Å²) in [5.74, 6) is -0.0528. The number of hydrogen-bond donors (Lipinski definition) is 1. The minimum absolute atomic E-state index is 0.311. The van der Waals surface area contributed by atoms with E-state index in [1.54, 1.807) is 12.1 Å². The first-order valence-electron chi connectivity index (χ1n) is 9.21. The van der Waals surface area contributed by atoms with Crippen molar-refractivity contribution in [3.63, 3.8) is 0 Å². The van der Waals surface area contributed by atoms with Gasteiger partial charge < -0.3 is 9.84 Å². The number of carboxylic acid groups (broad SMARTS) is 1. The molecule has 0 aliphatic carbocycles. The highest BCUT2D eigenvalue weighted by atomic mass is 16.5. The number of carboxylic acids is 1. The quantitative estimate of drug-likeness (QED) is 0.368. The number of rotatable bonds is 12. The van der Waals surface area contributed by atoms with Crippen LogP contribution in [-0.2, 0) is 0 Å². The first-order valence-corrected chi connectivity index (χ1v) is 9.21. The molecule has 1 N–H and O–H groups in total. The maximum Gasteiger partial charge on any atom is 0.335 e. The summed E-state index contributed by atoms with van der Waals surface area (Å²) in [4.78, 5) is 11.0. The lowest BCUT2D eigenvalue weighted by Gasteiger charge is -2.08. The summed E-state index contributed by atoms with van der Waals surface area (Å²) in [6, 6.07) is 11.0. The second-order valence-electron chi connectivity index (χ2n) is 6.43. The van der Waals surface area contributed by atoms with Gasteiger partial charge in [0.2, 0.25) is 0 Å². The molecule has 25 heavy (non-hydrogen) atoms. The van der Waals surface area contributed by atoms with E-state index in [-0.39, 0.29) is 0 Å². The van der Waals surface area contributed by atoms with Crippen LogP contribution in [0.4, 0.5) is 0 Å². The Morgan fingerprint density at radius 3 is 2.28 bits per heavy atom. The van der Waals surface area contributed by atoms with Gasteiger partial charge in [0.15, 0.2) is 0 Å². The zero-order chi connectivity index (χ0) is 17.9. The van der Waals surface area contributed by atoms with Gasteiger partial charge in [-0.05, 0) is 54.3 Å². The molecule has 0 unspecified atom stereocenters. The van der Waals surface area contributed by atoms with Gasteiger partial charge in [-0.25, -0.2) is 4.79 Å². The van der Waals surface area contributed by atoms with Crippen molar-refractivity contribution >= 4 is 16.7 Å². The topological polar surface area (TPSA) is 46.5 Å².